The summed E-state index contributed by atoms with van der Waals surface area (Å²) in [5.74, 6) is -0.879. The second-order valence-corrected chi connectivity index (χ2v) is 6.72. The van der Waals surface area contributed by atoms with Crippen LogP contribution in [0.5, 0.6) is 0 Å². The Morgan fingerprint density at radius 2 is 2.00 bits per heavy atom. The molecule has 2 N–H and O–H groups in total. The summed E-state index contributed by atoms with van der Waals surface area (Å²) >= 11 is 0. The van der Waals surface area contributed by atoms with Gasteiger partial charge in [0.25, 0.3) is 0 Å². The Bertz CT molecular complexity index is 437. The molecule has 0 radical (unpaired) electrons. The number of aliphatic carboxylic acids is 1. The Morgan fingerprint density at radius 1 is 1.42 bits per heavy atom. The van der Waals surface area contributed by atoms with Gasteiger partial charge in [-0.1, -0.05) is 13.0 Å². The van der Waals surface area contributed by atoms with Crippen LogP contribution in [-0.2, 0) is 14.8 Å². The molecular weight excluding hydrogens is 268 g/mol. The number of piperidine rings is 1. The summed E-state index contributed by atoms with van der Waals surface area (Å²) < 4.78 is 24.2. The molecule has 0 aromatic rings. The second-order valence-electron chi connectivity index (χ2n) is 4.73. The third kappa shape index (κ3) is 5.30. The van der Waals surface area contributed by atoms with E-state index in [0.29, 0.717) is 31.6 Å². The minimum absolute atomic E-state index is 0.251. The molecule has 6 nitrogen and oxygen atoms in total. The monoisotopic (exact) mass is 290 g/mol. The molecule has 1 aliphatic heterocycles. The molecule has 1 aliphatic rings. The predicted octanol–water partition coefficient (Wildman–Crippen LogP) is 0.421. The first-order chi connectivity index (χ1) is 8.84. The number of sulfonamides is 1. The molecule has 0 aromatic heterocycles. The molecule has 0 aromatic carbocycles. The summed E-state index contributed by atoms with van der Waals surface area (Å²) in [6.45, 7) is 3.38. The summed E-state index contributed by atoms with van der Waals surface area (Å²) in [6.07, 6.45) is 4.93. The summed E-state index contributed by atoms with van der Waals surface area (Å²) in [4.78, 5) is 10.8. The van der Waals surface area contributed by atoms with Crippen molar-refractivity contribution in [2.75, 3.05) is 25.9 Å². The van der Waals surface area contributed by atoms with Crippen LogP contribution in [0.4, 0.5) is 0 Å². The van der Waals surface area contributed by atoms with Crippen LogP contribution in [0.3, 0.4) is 0 Å². The van der Waals surface area contributed by atoms with Gasteiger partial charge in [-0.2, -0.15) is 0 Å². The summed E-state index contributed by atoms with van der Waals surface area (Å²) in [5, 5.41) is 12.1. The highest BCUT2D eigenvalue weighted by atomic mass is 32.2. The van der Waals surface area contributed by atoms with Gasteiger partial charge >= 0.3 is 5.97 Å². The molecule has 110 valence electrons. The average molecular weight is 290 g/mol. The predicted molar refractivity (Wildman–Crippen MR) is 73.5 cm³/mol. The van der Waals surface area contributed by atoms with E-state index in [9.17, 15) is 13.2 Å². The largest absolute Gasteiger partial charge is 0.478 e. The third-order valence-corrected chi connectivity index (χ3v) is 4.64. The van der Waals surface area contributed by atoms with Crippen molar-refractivity contribution >= 4 is 16.0 Å². The molecule has 1 saturated heterocycles. The molecular formula is C12H22N2O4S. The van der Waals surface area contributed by atoms with Crippen LogP contribution in [0.2, 0.25) is 0 Å². The Kier molecular flexibility index (Phi) is 5.96. The van der Waals surface area contributed by atoms with Gasteiger partial charge in [0.1, 0.15) is 0 Å². The zero-order chi connectivity index (χ0) is 14.5. The summed E-state index contributed by atoms with van der Waals surface area (Å²) in [5.41, 5.74) is 0.404. The molecule has 1 heterocycles. The summed E-state index contributed by atoms with van der Waals surface area (Å²) in [6, 6.07) is 0.251. The highest BCUT2D eigenvalue weighted by molar-refractivity contribution is 7.88. The van der Waals surface area contributed by atoms with Crippen LogP contribution >= 0.6 is 0 Å². The number of hydrogen-bond donors (Lipinski definition) is 2. The van der Waals surface area contributed by atoms with E-state index in [1.54, 1.807) is 6.08 Å². The van der Waals surface area contributed by atoms with Gasteiger partial charge in [0.15, 0.2) is 0 Å². The average Bonchev–Trinajstić information content (AvgIpc) is 2.33. The molecule has 1 rings (SSSR count). The number of carbonyl (C=O) groups is 1. The fourth-order valence-electron chi connectivity index (χ4n) is 2.12. The SMILES string of the molecule is CCC(=CCNC1CCN(S(C)(=O)=O)CC1)C(=O)O. The quantitative estimate of drug-likeness (QED) is 0.692. The van der Waals surface area contributed by atoms with E-state index < -0.39 is 16.0 Å². The van der Waals surface area contributed by atoms with Crippen LogP contribution in [0.15, 0.2) is 11.6 Å². The van der Waals surface area contributed by atoms with E-state index in [-0.39, 0.29) is 6.04 Å². The molecule has 0 unspecified atom stereocenters. The maximum absolute atomic E-state index is 11.3. The minimum Gasteiger partial charge on any atom is -0.478 e. The first-order valence-corrected chi connectivity index (χ1v) is 8.30. The Labute approximate surface area is 114 Å². The molecule has 19 heavy (non-hydrogen) atoms. The van der Waals surface area contributed by atoms with Crippen molar-refractivity contribution in [1.82, 2.24) is 9.62 Å². The molecule has 0 bridgehead atoms. The maximum atomic E-state index is 11.3. The first-order valence-electron chi connectivity index (χ1n) is 6.45. The number of hydrogen-bond acceptors (Lipinski definition) is 4. The Hall–Kier alpha value is -0.920. The molecule has 1 fully saturated rings. The Morgan fingerprint density at radius 3 is 2.42 bits per heavy atom. The van der Waals surface area contributed by atoms with E-state index in [2.05, 4.69) is 5.32 Å². The van der Waals surface area contributed by atoms with Crippen molar-refractivity contribution in [3.63, 3.8) is 0 Å². The normalized spacial score (nSPS) is 19.6. The number of nitrogens with one attached hydrogen (secondary N) is 1. The minimum atomic E-state index is -3.08. The molecule has 7 heteroatoms. The number of carboxylic acid groups (broad SMARTS) is 1. The van der Waals surface area contributed by atoms with Gasteiger partial charge in [0, 0.05) is 31.2 Å². The van der Waals surface area contributed by atoms with Gasteiger partial charge in [0.05, 0.1) is 6.26 Å². The highest BCUT2D eigenvalue weighted by Crippen LogP contribution is 2.13. The Balaban J connectivity index is 2.36. The van der Waals surface area contributed by atoms with Gasteiger partial charge in [-0.3, -0.25) is 0 Å². The van der Waals surface area contributed by atoms with Crippen molar-refractivity contribution in [3.8, 4) is 0 Å². The van der Waals surface area contributed by atoms with Gasteiger partial charge in [-0.25, -0.2) is 17.5 Å². The third-order valence-electron chi connectivity index (χ3n) is 3.33. The van der Waals surface area contributed by atoms with Crippen LogP contribution in [0.1, 0.15) is 26.2 Å². The lowest BCUT2D eigenvalue weighted by atomic mass is 10.1. The van der Waals surface area contributed by atoms with Crippen molar-refractivity contribution in [1.29, 1.82) is 0 Å². The van der Waals surface area contributed by atoms with Crippen LogP contribution in [0.25, 0.3) is 0 Å². The van der Waals surface area contributed by atoms with E-state index in [4.69, 9.17) is 5.11 Å². The molecule has 0 atom stereocenters. The van der Waals surface area contributed by atoms with E-state index in [1.165, 1.54) is 10.6 Å². The number of rotatable bonds is 6. The van der Waals surface area contributed by atoms with E-state index >= 15 is 0 Å². The lowest BCUT2D eigenvalue weighted by molar-refractivity contribution is -0.132. The van der Waals surface area contributed by atoms with E-state index in [1.807, 2.05) is 6.92 Å². The van der Waals surface area contributed by atoms with Crippen molar-refractivity contribution in [2.45, 2.75) is 32.2 Å². The van der Waals surface area contributed by atoms with Crippen molar-refractivity contribution in [2.24, 2.45) is 0 Å². The molecule has 0 spiro atoms. The molecule has 0 amide bonds. The zero-order valence-corrected chi connectivity index (χ0v) is 12.2. The van der Waals surface area contributed by atoms with Crippen LogP contribution in [0, 0.1) is 0 Å². The smallest absolute Gasteiger partial charge is 0.331 e. The lowest BCUT2D eigenvalue weighted by Crippen LogP contribution is -2.44. The molecule has 0 saturated carbocycles. The zero-order valence-electron chi connectivity index (χ0n) is 11.4. The molecule has 0 aliphatic carbocycles. The summed E-state index contributed by atoms with van der Waals surface area (Å²) in [7, 11) is -3.08. The van der Waals surface area contributed by atoms with Crippen LogP contribution in [-0.4, -0.2) is 55.7 Å². The first kappa shape index (κ1) is 16.1. The fourth-order valence-corrected chi connectivity index (χ4v) is 3.00. The highest BCUT2D eigenvalue weighted by Gasteiger charge is 2.24. The van der Waals surface area contributed by atoms with Crippen molar-refractivity contribution < 1.29 is 18.3 Å². The van der Waals surface area contributed by atoms with Gasteiger partial charge in [0.2, 0.25) is 10.0 Å². The standard InChI is InChI=1S/C12H22N2O4S/c1-3-10(12(15)16)4-7-13-11-5-8-14(9-6-11)19(2,17)18/h4,11,13H,3,5-9H2,1-2H3,(H,15,16). The lowest BCUT2D eigenvalue weighted by Gasteiger charge is -2.30. The van der Waals surface area contributed by atoms with E-state index in [0.717, 1.165) is 12.8 Å². The fraction of sp³-hybridized carbons (Fsp3) is 0.750. The maximum Gasteiger partial charge on any atom is 0.331 e. The number of nitrogens with zero attached hydrogens (tertiary/aromatic N) is 1. The van der Waals surface area contributed by atoms with Crippen molar-refractivity contribution in [3.05, 3.63) is 11.6 Å². The topological polar surface area (TPSA) is 86.7 Å². The van der Waals surface area contributed by atoms with Gasteiger partial charge in [-0.05, 0) is 19.3 Å². The second kappa shape index (κ2) is 7.02. The van der Waals surface area contributed by atoms with Crippen LogP contribution < -0.4 is 5.32 Å². The van der Waals surface area contributed by atoms with Gasteiger partial charge < -0.3 is 10.4 Å². The van der Waals surface area contributed by atoms with Gasteiger partial charge in [-0.15, -0.1) is 0 Å². The number of carboxylic acids is 1.